The zero-order valence-electron chi connectivity index (χ0n) is 16.9. The van der Waals surface area contributed by atoms with Gasteiger partial charge in [0.1, 0.15) is 5.75 Å². The van der Waals surface area contributed by atoms with Crippen molar-refractivity contribution < 1.29 is 14.3 Å². The SMILES string of the molecule is COc1ccc(N2C(=O)CS[C@]23C(=O)N2c4c(cccc43)C(C)=CC2(C)C)cc1. The van der Waals surface area contributed by atoms with Crippen molar-refractivity contribution in [2.75, 3.05) is 22.7 Å². The van der Waals surface area contributed by atoms with Crippen LogP contribution in [0.25, 0.3) is 5.57 Å². The molecule has 1 atom stereocenters. The molecule has 2 aromatic carbocycles. The summed E-state index contributed by atoms with van der Waals surface area (Å²) in [5.41, 5.74) is 4.27. The van der Waals surface area contributed by atoms with Gasteiger partial charge in [-0.05, 0) is 50.6 Å². The Hall–Kier alpha value is -2.73. The molecule has 2 aromatic rings. The van der Waals surface area contributed by atoms with Crippen LogP contribution in [0.5, 0.6) is 5.75 Å². The third kappa shape index (κ3) is 2.23. The summed E-state index contributed by atoms with van der Waals surface area (Å²) >= 11 is 1.41. The zero-order valence-corrected chi connectivity index (χ0v) is 17.7. The fraction of sp³-hybridized carbons (Fsp3) is 0.304. The first-order valence-electron chi connectivity index (χ1n) is 9.60. The second-order valence-electron chi connectivity index (χ2n) is 8.18. The van der Waals surface area contributed by atoms with Crippen molar-refractivity contribution in [1.29, 1.82) is 0 Å². The van der Waals surface area contributed by atoms with Gasteiger partial charge in [0.05, 0.1) is 24.1 Å². The van der Waals surface area contributed by atoms with Crippen molar-refractivity contribution in [3.05, 3.63) is 59.7 Å². The van der Waals surface area contributed by atoms with E-state index in [4.69, 9.17) is 4.74 Å². The van der Waals surface area contributed by atoms with Crippen LogP contribution < -0.4 is 14.5 Å². The van der Waals surface area contributed by atoms with Crippen molar-refractivity contribution in [1.82, 2.24) is 0 Å². The summed E-state index contributed by atoms with van der Waals surface area (Å²) in [7, 11) is 1.61. The number of carbonyl (C=O) groups is 2. The number of fused-ring (bicyclic) bond motifs is 1. The second-order valence-corrected chi connectivity index (χ2v) is 9.35. The smallest absolute Gasteiger partial charge is 0.269 e. The molecule has 2 amide bonds. The van der Waals surface area contributed by atoms with Gasteiger partial charge in [0, 0.05) is 16.8 Å². The summed E-state index contributed by atoms with van der Waals surface area (Å²) in [6.45, 7) is 6.18. The Labute approximate surface area is 174 Å². The van der Waals surface area contributed by atoms with Gasteiger partial charge in [-0.15, -0.1) is 11.8 Å². The van der Waals surface area contributed by atoms with Gasteiger partial charge < -0.3 is 4.74 Å². The highest BCUT2D eigenvalue weighted by atomic mass is 32.2. The van der Waals surface area contributed by atoms with E-state index in [1.807, 2.05) is 55.1 Å². The molecule has 6 heteroatoms. The van der Waals surface area contributed by atoms with Crippen molar-refractivity contribution >= 4 is 40.5 Å². The molecule has 1 spiro atoms. The molecule has 0 saturated carbocycles. The number of hydrogen-bond donors (Lipinski definition) is 0. The van der Waals surface area contributed by atoms with E-state index in [9.17, 15) is 9.59 Å². The molecule has 1 saturated heterocycles. The predicted molar refractivity (Wildman–Crippen MR) is 116 cm³/mol. The van der Waals surface area contributed by atoms with Crippen LogP contribution in [0, 0.1) is 0 Å². The van der Waals surface area contributed by atoms with Gasteiger partial charge in [-0.2, -0.15) is 0 Å². The fourth-order valence-corrected chi connectivity index (χ4v) is 6.18. The van der Waals surface area contributed by atoms with Crippen molar-refractivity contribution in [3.63, 3.8) is 0 Å². The predicted octanol–water partition coefficient (Wildman–Crippen LogP) is 4.17. The van der Waals surface area contributed by atoms with Crippen LogP contribution in [0.15, 0.2) is 48.5 Å². The first-order valence-corrected chi connectivity index (χ1v) is 10.6. The largest absolute Gasteiger partial charge is 0.497 e. The van der Waals surface area contributed by atoms with Gasteiger partial charge >= 0.3 is 0 Å². The Kier molecular flexibility index (Phi) is 3.72. The van der Waals surface area contributed by atoms with E-state index in [2.05, 4.69) is 19.1 Å². The minimum absolute atomic E-state index is 0.0552. The van der Waals surface area contributed by atoms with Gasteiger partial charge in [0.15, 0.2) is 0 Å². The van der Waals surface area contributed by atoms with Gasteiger partial charge in [-0.3, -0.25) is 19.4 Å². The Morgan fingerprint density at radius 1 is 1.03 bits per heavy atom. The summed E-state index contributed by atoms with van der Waals surface area (Å²) in [5.74, 6) is 0.860. The van der Waals surface area contributed by atoms with Crippen LogP contribution in [0.2, 0.25) is 0 Å². The molecule has 0 radical (unpaired) electrons. The lowest BCUT2D eigenvalue weighted by atomic mass is 9.89. The number of hydrogen-bond acceptors (Lipinski definition) is 4. The van der Waals surface area contributed by atoms with Gasteiger partial charge in [-0.25, -0.2) is 0 Å². The molecule has 0 unspecified atom stereocenters. The lowest BCUT2D eigenvalue weighted by molar-refractivity contribution is -0.124. The van der Waals surface area contributed by atoms with Gasteiger partial charge in [0.25, 0.3) is 5.91 Å². The number of ether oxygens (including phenoxy) is 1. The van der Waals surface area contributed by atoms with E-state index >= 15 is 0 Å². The molecule has 3 aliphatic heterocycles. The molecule has 29 heavy (non-hydrogen) atoms. The van der Waals surface area contributed by atoms with Crippen molar-refractivity contribution in [2.24, 2.45) is 0 Å². The molecule has 1 fully saturated rings. The zero-order chi connectivity index (χ0) is 20.6. The standard InChI is InChI=1S/C23H22N2O3S/c1-14-12-22(2,3)25-20-17(14)6-5-7-18(20)23(21(25)27)24(19(26)13-29-23)15-8-10-16(28-4)11-9-15/h5-12H,13H2,1-4H3/t23-/m1/s1. The second kappa shape index (κ2) is 5.89. The first kappa shape index (κ1) is 18.3. The maximum Gasteiger partial charge on any atom is 0.269 e. The Morgan fingerprint density at radius 3 is 2.45 bits per heavy atom. The molecule has 0 N–H and O–H groups in total. The van der Waals surface area contributed by atoms with Crippen LogP contribution in [-0.4, -0.2) is 30.2 Å². The van der Waals surface area contributed by atoms with E-state index < -0.39 is 10.4 Å². The number of thioether (sulfide) groups is 1. The molecule has 0 aromatic heterocycles. The highest BCUT2D eigenvalue weighted by molar-refractivity contribution is 8.02. The first-order chi connectivity index (χ1) is 13.8. The third-order valence-corrected chi connectivity index (χ3v) is 7.37. The van der Waals surface area contributed by atoms with E-state index in [0.717, 1.165) is 22.4 Å². The summed E-state index contributed by atoms with van der Waals surface area (Å²) in [6.07, 6.45) is 2.13. The van der Waals surface area contributed by atoms with E-state index in [1.54, 1.807) is 12.0 Å². The summed E-state index contributed by atoms with van der Waals surface area (Å²) in [5, 5.41) is 0. The molecule has 5 rings (SSSR count). The average molecular weight is 407 g/mol. The number of rotatable bonds is 2. The number of carbonyl (C=O) groups excluding carboxylic acids is 2. The quantitative estimate of drug-likeness (QED) is 0.751. The Balaban J connectivity index is 1.76. The molecule has 0 bridgehead atoms. The monoisotopic (exact) mass is 406 g/mol. The topological polar surface area (TPSA) is 49.9 Å². The van der Waals surface area contributed by atoms with Crippen LogP contribution in [0.4, 0.5) is 11.4 Å². The van der Waals surface area contributed by atoms with Crippen LogP contribution in [-0.2, 0) is 14.5 Å². The minimum atomic E-state index is -1.08. The van der Waals surface area contributed by atoms with Crippen LogP contribution in [0.1, 0.15) is 31.9 Å². The maximum absolute atomic E-state index is 14.0. The summed E-state index contributed by atoms with van der Waals surface area (Å²) in [4.78, 5) is 29.6. The normalized spacial score (nSPS) is 24.2. The number of para-hydroxylation sites is 1. The summed E-state index contributed by atoms with van der Waals surface area (Å²) in [6, 6.07) is 13.4. The minimum Gasteiger partial charge on any atom is -0.497 e. The lowest BCUT2D eigenvalue weighted by Gasteiger charge is -2.40. The summed E-state index contributed by atoms with van der Waals surface area (Å²) < 4.78 is 5.26. The molecule has 5 nitrogen and oxygen atoms in total. The number of amides is 2. The van der Waals surface area contributed by atoms with Crippen LogP contribution in [0.3, 0.4) is 0 Å². The molecule has 3 aliphatic rings. The number of nitrogens with zero attached hydrogens (tertiary/aromatic N) is 2. The van der Waals surface area contributed by atoms with E-state index in [1.165, 1.54) is 11.8 Å². The Bertz CT molecular complexity index is 1090. The molecule has 3 heterocycles. The number of allylic oxidation sites excluding steroid dienone is 1. The fourth-order valence-electron chi connectivity index (χ4n) is 4.85. The number of anilines is 2. The average Bonchev–Trinajstić information content (AvgIpc) is 3.17. The maximum atomic E-state index is 14.0. The van der Waals surface area contributed by atoms with Crippen LogP contribution >= 0.6 is 11.8 Å². The highest BCUT2D eigenvalue weighted by Gasteiger charge is 2.63. The third-order valence-electron chi connectivity index (χ3n) is 5.99. The Morgan fingerprint density at radius 2 is 1.76 bits per heavy atom. The van der Waals surface area contributed by atoms with E-state index in [-0.39, 0.29) is 17.6 Å². The van der Waals surface area contributed by atoms with Gasteiger partial charge in [0.2, 0.25) is 10.8 Å². The lowest BCUT2D eigenvalue weighted by Crippen LogP contribution is -2.54. The molecular weight excluding hydrogens is 384 g/mol. The molecule has 148 valence electrons. The van der Waals surface area contributed by atoms with Gasteiger partial charge in [-0.1, -0.05) is 24.3 Å². The number of methoxy groups -OCH3 is 1. The molecule has 0 aliphatic carbocycles. The van der Waals surface area contributed by atoms with Crippen molar-refractivity contribution in [3.8, 4) is 5.75 Å². The molecular formula is C23H22N2O3S. The number of benzene rings is 2. The van der Waals surface area contributed by atoms with E-state index in [0.29, 0.717) is 11.4 Å². The van der Waals surface area contributed by atoms with Crippen molar-refractivity contribution in [2.45, 2.75) is 31.2 Å². The highest BCUT2D eigenvalue weighted by Crippen LogP contribution is 2.59.